The van der Waals surface area contributed by atoms with E-state index in [2.05, 4.69) is 9.88 Å². The van der Waals surface area contributed by atoms with Crippen molar-refractivity contribution >= 4 is 18.3 Å². The van der Waals surface area contributed by atoms with E-state index in [1.807, 2.05) is 43.3 Å². The summed E-state index contributed by atoms with van der Waals surface area (Å²) in [5.41, 5.74) is 6.49. The smallest absolute Gasteiger partial charge is 0.229 e. The maximum Gasteiger partial charge on any atom is 0.229 e. The Morgan fingerprint density at radius 3 is 2.33 bits per heavy atom. The summed E-state index contributed by atoms with van der Waals surface area (Å²) < 4.78 is 0. The van der Waals surface area contributed by atoms with Crippen molar-refractivity contribution in [3.8, 4) is 0 Å². The largest absolute Gasteiger partial charge is 0.340 e. The average molecular weight is 313 g/mol. The summed E-state index contributed by atoms with van der Waals surface area (Å²) in [6, 6.07) is 4.07. The number of carbonyl (C=O) groups is 1. The highest BCUT2D eigenvalue weighted by Crippen LogP contribution is 2.18. The molecule has 0 bridgehead atoms. The van der Waals surface area contributed by atoms with Crippen LogP contribution in [0.25, 0.3) is 0 Å². The van der Waals surface area contributed by atoms with Crippen LogP contribution in [0.2, 0.25) is 0 Å². The van der Waals surface area contributed by atoms with E-state index < -0.39 is 5.41 Å². The van der Waals surface area contributed by atoms with Crippen LogP contribution in [-0.4, -0.2) is 53.4 Å². The van der Waals surface area contributed by atoms with Gasteiger partial charge in [-0.3, -0.25) is 14.7 Å². The van der Waals surface area contributed by atoms with Crippen LogP contribution >= 0.6 is 12.4 Å². The van der Waals surface area contributed by atoms with Gasteiger partial charge in [0, 0.05) is 51.7 Å². The Morgan fingerprint density at radius 1 is 1.24 bits per heavy atom. The first kappa shape index (κ1) is 17.9. The molecule has 0 aromatic carbocycles. The third-order valence-electron chi connectivity index (χ3n) is 3.90. The van der Waals surface area contributed by atoms with Gasteiger partial charge in [0.2, 0.25) is 5.91 Å². The van der Waals surface area contributed by atoms with E-state index >= 15 is 0 Å². The highest BCUT2D eigenvalue weighted by Gasteiger charge is 2.32. The van der Waals surface area contributed by atoms with E-state index in [0.29, 0.717) is 6.54 Å². The first-order valence-corrected chi connectivity index (χ1v) is 7.13. The SMILES string of the molecule is CC(C)(CN)C(=O)N1CCN(Cc2ccncc2)CC1.Cl. The van der Waals surface area contributed by atoms with Gasteiger partial charge >= 0.3 is 0 Å². The van der Waals surface area contributed by atoms with Crippen LogP contribution in [0.1, 0.15) is 19.4 Å². The van der Waals surface area contributed by atoms with Gasteiger partial charge in [-0.2, -0.15) is 0 Å². The van der Waals surface area contributed by atoms with E-state index in [1.165, 1.54) is 5.56 Å². The molecule has 0 spiro atoms. The van der Waals surface area contributed by atoms with Crippen LogP contribution in [-0.2, 0) is 11.3 Å². The molecule has 0 unspecified atom stereocenters. The minimum atomic E-state index is -0.451. The Hall–Kier alpha value is -1.17. The summed E-state index contributed by atoms with van der Waals surface area (Å²) in [5, 5.41) is 0. The second-order valence-corrected chi connectivity index (χ2v) is 6.01. The molecule has 1 aliphatic heterocycles. The van der Waals surface area contributed by atoms with Crippen molar-refractivity contribution in [3.05, 3.63) is 30.1 Å². The number of carbonyl (C=O) groups excluding carboxylic acids is 1. The minimum absolute atomic E-state index is 0. The van der Waals surface area contributed by atoms with Crippen LogP contribution in [0, 0.1) is 5.41 Å². The quantitative estimate of drug-likeness (QED) is 0.905. The number of nitrogens with two attached hydrogens (primary N) is 1. The maximum atomic E-state index is 12.3. The van der Waals surface area contributed by atoms with E-state index in [9.17, 15) is 4.79 Å². The lowest BCUT2D eigenvalue weighted by Crippen LogP contribution is -2.53. The molecule has 0 atom stereocenters. The Bertz CT molecular complexity index is 444. The molecule has 1 amide bonds. The van der Waals surface area contributed by atoms with Gasteiger partial charge in [-0.05, 0) is 31.5 Å². The molecule has 118 valence electrons. The fourth-order valence-electron chi connectivity index (χ4n) is 2.37. The molecule has 2 N–H and O–H groups in total. The standard InChI is InChI=1S/C15H24N4O.ClH/c1-15(2,12-16)14(20)19-9-7-18(8-10-19)11-13-3-5-17-6-4-13;/h3-6H,7-12,16H2,1-2H3;1H. The lowest BCUT2D eigenvalue weighted by molar-refractivity contribution is -0.141. The van der Waals surface area contributed by atoms with Gasteiger partial charge in [0.1, 0.15) is 0 Å². The molecule has 6 heteroatoms. The van der Waals surface area contributed by atoms with E-state index in [-0.39, 0.29) is 18.3 Å². The zero-order chi connectivity index (χ0) is 14.6. The average Bonchev–Trinajstić information content (AvgIpc) is 2.48. The third-order valence-corrected chi connectivity index (χ3v) is 3.90. The molecule has 1 aromatic rings. The number of pyridine rings is 1. The van der Waals surface area contributed by atoms with Crippen molar-refractivity contribution in [2.45, 2.75) is 20.4 Å². The van der Waals surface area contributed by atoms with Gasteiger partial charge < -0.3 is 10.6 Å². The van der Waals surface area contributed by atoms with Crippen LogP contribution in [0.4, 0.5) is 0 Å². The van der Waals surface area contributed by atoms with Crippen molar-refractivity contribution in [2.24, 2.45) is 11.1 Å². The lowest BCUT2D eigenvalue weighted by atomic mass is 9.91. The number of piperazine rings is 1. The summed E-state index contributed by atoms with van der Waals surface area (Å²) in [6.07, 6.45) is 3.64. The molecule has 2 rings (SSSR count). The van der Waals surface area contributed by atoms with E-state index in [4.69, 9.17) is 5.73 Å². The first-order valence-electron chi connectivity index (χ1n) is 7.13. The number of hydrogen-bond acceptors (Lipinski definition) is 4. The number of amides is 1. The fraction of sp³-hybridized carbons (Fsp3) is 0.600. The zero-order valence-corrected chi connectivity index (χ0v) is 13.6. The normalized spacial score (nSPS) is 16.4. The number of hydrogen-bond donors (Lipinski definition) is 1. The second-order valence-electron chi connectivity index (χ2n) is 6.01. The van der Waals surface area contributed by atoms with Crippen LogP contribution < -0.4 is 5.73 Å². The van der Waals surface area contributed by atoms with Gasteiger partial charge in [0.15, 0.2) is 0 Å². The molecule has 21 heavy (non-hydrogen) atoms. The highest BCUT2D eigenvalue weighted by molar-refractivity contribution is 5.85. The molecule has 2 heterocycles. The Kier molecular flexibility index (Phi) is 6.58. The molecule has 0 radical (unpaired) electrons. The molecule has 1 fully saturated rings. The zero-order valence-electron chi connectivity index (χ0n) is 12.8. The molecule has 0 aliphatic carbocycles. The maximum absolute atomic E-state index is 12.3. The summed E-state index contributed by atoms with van der Waals surface area (Å²) in [4.78, 5) is 20.7. The van der Waals surface area contributed by atoms with Gasteiger partial charge in [0.25, 0.3) is 0 Å². The van der Waals surface area contributed by atoms with Crippen LogP contribution in [0.15, 0.2) is 24.5 Å². The van der Waals surface area contributed by atoms with Gasteiger partial charge in [-0.15, -0.1) is 12.4 Å². The van der Waals surface area contributed by atoms with E-state index in [1.54, 1.807) is 0 Å². The monoisotopic (exact) mass is 312 g/mol. The van der Waals surface area contributed by atoms with Crippen molar-refractivity contribution in [3.63, 3.8) is 0 Å². The predicted octanol–water partition coefficient (Wildman–Crippen LogP) is 1.13. The Labute approximate surface area is 132 Å². The fourth-order valence-corrected chi connectivity index (χ4v) is 2.37. The van der Waals surface area contributed by atoms with Gasteiger partial charge in [-0.1, -0.05) is 0 Å². The summed E-state index contributed by atoms with van der Waals surface area (Å²) in [5.74, 6) is 0.170. The minimum Gasteiger partial charge on any atom is -0.340 e. The van der Waals surface area contributed by atoms with Gasteiger partial charge in [-0.25, -0.2) is 0 Å². The lowest BCUT2D eigenvalue weighted by Gasteiger charge is -2.38. The van der Waals surface area contributed by atoms with Crippen molar-refractivity contribution in [1.82, 2.24) is 14.8 Å². The van der Waals surface area contributed by atoms with Gasteiger partial charge in [0.05, 0.1) is 5.41 Å². The topological polar surface area (TPSA) is 62.5 Å². The molecule has 1 aromatic heterocycles. The highest BCUT2D eigenvalue weighted by atomic mass is 35.5. The summed E-state index contributed by atoms with van der Waals surface area (Å²) in [6.45, 7) is 8.54. The van der Waals surface area contributed by atoms with Crippen molar-refractivity contribution in [1.29, 1.82) is 0 Å². The van der Waals surface area contributed by atoms with Crippen molar-refractivity contribution < 1.29 is 4.79 Å². The number of nitrogens with zero attached hydrogens (tertiary/aromatic N) is 3. The molecule has 1 saturated heterocycles. The molecule has 5 nitrogen and oxygen atoms in total. The van der Waals surface area contributed by atoms with Crippen molar-refractivity contribution in [2.75, 3.05) is 32.7 Å². The summed E-state index contributed by atoms with van der Waals surface area (Å²) >= 11 is 0. The molecule has 0 saturated carbocycles. The van der Waals surface area contributed by atoms with Crippen LogP contribution in [0.5, 0.6) is 0 Å². The third kappa shape index (κ3) is 4.66. The summed E-state index contributed by atoms with van der Waals surface area (Å²) in [7, 11) is 0. The Morgan fingerprint density at radius 2 is 1.81 bits per heavy atom. The predicted molar refractivity (Wildman–Crippen MR) is 86.2 cm³/mol. The molecular formula is C15H25ClN4O. The first-order chi connectivity index (χ1) is 9.53. The number of halogens is 1. The molecular weight excluding hydrogens is 288 g/mol. The van der Waals surface area contributed by atoms with Crippen LogP contribution in [0.3, 0.4) is 0 Å². The second kappa shape index (κ2) is 7.73. The molecule has 1 aliphatic rings. The number of aromatic nitrogens is 1. The van der Waals surface area contributed by atoms with E-state index in [0.717, 1.165) is 32.7 Å². The number of rotatable bonds is 4. The Balaban J connectivity index is 0.00000220.